The van der Waals surface area contributed by atoms with Crippen molar-refractivity contribution in [2.24, 2.45) is 7.05 Å². The van der Waals surface area contributed by atoms with Gasteiger partial charge in [0.1, 0.15) is 4.88 Å². The van der Waals surface area contributed by atoms with Crippen molar-refractivity contribution >= 4 is 28.3 Å². The highest BCUT2D eigenvalue weighted by Gasteiger charge is 2.18. The van der Waals surface area contributed by atoms with Crippen LogP contribution in [0, 0.1) is 20.8 Å². The summed E-state index contributed by atoms with van der Waals surface area (Å²) < 4.78 is 6.79. The number of aryl methyl sites for hydroxylation is 3. The molecule has 0 aliphatic rings. The highest BCUT2D eigenvalue weighted by molar-refractivity contribution is 7.17. The number of ether oxygens (including phenoxy) is 1. The molecule has 0 radical (unpaired) electrons. The first-order valence-corrected chi connectivity index (χ1v) is 8.58. The molecule has 2 heterocycles. The van der Waals surface area contributed by atoms with Gasteiger partial charge in [-0.1, -0.05) is 11.3 Å². The van der Waals surface area contributed by atoms with Crippen LogP contribution in [0.1, 0.15) is 45.7 Å². The Labute approximate surface area is 145 Å². The Morgan fingerprint density at radius 3 is 2.54 bits per heavy atom. The Kier molecular flexibility index (Phi) is 5.71. The van der Waals surface area contributed by atoms with E-state index in [9.17, 15) is 9.59 Å². The lowest BCUT2D eigenvalue weighted by atomic mass is 10.1. The molecule has 0 bridgehead atoms. The highest BCUT2D eigenvalue weighted by Crippen LogP contribution is 2.24. The zero-order valence-corrected chi connectivity index (χ0v) is 15.4. The number of anilines is 1. The normalized spacial score (nSPS) is 10.7. The number of carbonyl (C=O) groups excluding carboxylic acids is 2. The first-order chi connectivity index (χ1) is 11.3. The highest BCUT2D eigenvalue weighted by atomic mass is 32.1. The van der Waals surface area contributed by atoms with Crippen LogP contribution in [0.15, 0.2) is 0 Å². The van der Waals surface area contributed by atoms with Crippen LogP contribution in [0.4, 0.5) is 5.13 Å². The molecule has 2 aromatic heterocycles. The molecule has 0 fully saturated rings. The maximum atomic E-state index is 12.1. The minimum atomic E-state index is -0.408. The predicted octanol–water partition coefficient (Wildman–Crippen LogP) is 2.55. The molecule has 1 N–H and O–H groups in total. The van der Waals surface area contributed by atoms with Gasteiger partial charge in [0.05, 0.1) is 18.0 Å². The number of rotatable bonds is 6. The second-order valence-electron chi connectivity index (χ2n) is 5.48. The molecule has 0 aromatic carbocycles. The lowest BCUT2D eigenvalue weighted by Crippen LogP contribution is -2.12. The minimum Gasteiger partial charge on any atom is -0.462 e. The summed E-state index contributed by atoms with van der Waals surface area (Å²) in [5, 5.41) is 7.51. The van der Waals surface area contributed by atoms with Gasteiger partial charge >= 0.3 is 5.97 Å². The van der Waals surface area contributed by atoms with Crippen molar-refractivity contribution in [3.05, 3.63) is 27.5 Å². The molecular weight excluding hydrogens is 328 g/mol. The number of nitrogens with one attached hydrogen (secondary N) is 1. The molecule has 1 amide bonds. The van der Waals surface area contributed by atoms with Crippen molar-refractivity contribution in [1.29, 1.82) is 0 Å². The average Bonchev–Trinajstić information content (AvgIpc) is 2.98. The van der Waals surface area contributed by atoms with Crippen molar-refractivity contribution < 1.29 is 14.3 Å². The van der Waals surface area contributed by atoms with Crippen LogP contribution in [0.3, 0.4) is 0 Å². The van der Waals surface area contributed by atoms with Crippen molar-refractivity contribution in [3.8, 4) is 0 Å². The Balaban J connectivity index is 1.98. The van der Waals surface area contributed by atoms with Crippen molar-refractivity contribution in [2.45, 2.75) is 40.5 Å². The number of hydrogen-bond donors (Lipinski definition) is 1. The number of thiazole rings is 1. The van der Waals surface area contributed by atoms with Gasteiger partial charge in [-0.25, -0.2) is 9.78 Å². The number of nitrogens with zero attached hydrogens (tertiary/aromatic N) is 3. The van der Waals surface area contributed by atoms with Crippen LogP contribution < -0.4 is 5.32 Å². The fourth-order valence-corrected chi connectivity index (χ4v) is 3.31. The van der Waals surface area contributed by atoms with Gasteiger partial charge in [-0.3, -0.25) is 9.48 Å². The first-order valence-electron chi connectivity index (χ1n) is 7.77. The number of aromatic nitrogens is 3. The zero-order chi connectivity index (χ0) is 17.9. The lowest BCUT2D eigenvalue weighted by molar-refractivity contribution is -0.116. The Morgan fingerprint density at radius 2 is 1.96 bits per heavy atom. The standard InChI is InChI=1S/C16H22N4O3S/c1-6-23-15(22)14-10(3)17-16(24-14)18-13(21)8-7-12-9(2)19-20(5)11(12)4/h6-8H2,1-5H3,(H,17,18,21). The Morgan fingerprint density at radius 1 is 1.25 bits per heavy atom. The molecule has 130 valence electrons. The van der Waals surface area contributed by atoms with E-state index in [0.29, 0.717) is 35.2 Å². The fraction of sp³-hybridized carbons (Fsp3) is 0.500. The number of carbonyl (C=O) groups is 2. The topological polar surface area (TPSA) is 86.1 Å². The third-order valence-corrected chi connectivity index (χ3v) is 4.82. The van der Waals surface area contributed by atoms with Crippen LogP contribution in [-0.2, 0) is 23.0 Å². The summed E-state index contributed by atoms with van der Waals surface area (Å²) in [5.41, 5.74) is 3.66. The van der Waals surface area contributed by atoms with E-state index in [2.05, 4.69) is 15.4 Å². The lowest BCUT2D eigenvalue weighted by Gasteiger charge is -2.03. The molecule has 0 spiro atoms. The van der Waals surface area contributed by atoms with E-state index < -0.39 is 5.97 Å². The molecule has 0 atom stereocenters. The SMILES string of the molecule is CCOC(=O)c1sc(NC(=O)CCc2c(C)nn(C)c2C)nc1C. The monoisotopic (exact) mass is 350 g/mol. The third kappa shape index (κ3) is 4.00. The fourth-order valence-electron chi connectivity index (χ4n) is 2.44. The summed E-state index contributed by atoms with van der Waals surface area (Å²) >= 11 is 1.13. The molecule has 2 rings (SSSR count). The molecule has 0 aliphatic heterocycles. The van der Waals surface area contributed by atoms with Gasteiger partial charge < -0.3 is 10.1 Å². The zero-order valence-electron chi connectivity index (χ0n) is 14.6. The van der Waals surface area contributed by atoms with Gasteiger partial charge in [-0.05, 0) is 39.7 Å². The molecule has 0 unspecified atom stereocenters. The maximum absolute atomic E-state index is 12.1. The van der Waals surface area contributed by atoms with Gasteiger partial charge in [0.15, 0.2) is 5.13 Å². The summed E-state index contributed by atoms with van der Waals surface area (Å²) in [4.78, 5) is 28.6. The Hall–Kier alpha value is -2.22. The van der Waals surface area contributed by atoms with Gasteiger partial charge in [-0.2, -0.15) is 5.10 Å². The molecule has 0 saturated carbocycles. The van der Waals surface area contributed by atoms with Crippen molar-refractivity contribution in [3.63, 3.8) is 0 Å². The number of hydrogen-bond acceptors (Lipinski definition) is 6. The van der Waals surface area contributed by atoms with Gasteiger partial charge in [0.25, 0.3) is 0 Å². The van der Waals surface area contributed by atoms with Gasteiger partial charge in [0.2, 0.25) is 5.91 Å². The summed E-state index contributed by atoms with van der Waals surface area (Å²) in [6.07, 6.45) is 0.952. The predicted molar refractivity (Wildman–Crippen MR) is 92.4 cm³/mol. The molecule has 0 aliphatic carbocycles. The summed E-state index contributed by atoms with van der Waals surface area (Å²) in [5.74, 6) is -0.545. The largest absolute Gasteiger partial charge is 0.462 e. The van der Waals surface area contributed by atoms with Crippen LogP contribution >= 0.6 is 11.3 Å². The second-order valence-corrected chi connectivity index (χ2v) is 6.47. The summed E-state index contributed by atoms with van der Waals surface area (Å²) in [6, 6.07) is 0. The van der Waals surface area contributed by atoms with E-state index in [1.165, 1.54) is 0 Å². The van der Waals surface area contributed by atoms with E-state index >= 15 is 0 Å². The summed E-state index contributed by atoms with van der Waals surface area (Å²) in [7, 11) is 1.89. The van der Waals surface area contributed by atoms with Crippen LogP contribution in [0.2, 0.25) is 0 Å². The van der Waals surface area contributed by atoms with E-state index in [4.69, 9.17) is 4.74 Å². The van der Waals surface area contributed by atoms with Crippen LogP contribution in [0.25, 0.3) is 0 Å². The molecule has 24 heavy (non-hydrogen) atoms. The van der Waals surface area contributed by atoms with Crippen molar-refractivity contribution in [2.75, 3.05) is 11.9 Å². The number of esters is 1. The summed E-state index contributed by atoms with van der Waals surface area (Å²) in [6.45, 7) is 7.71. The van der Waals surface area contributed by atoms with Crippen LogP contribution in [-0.4, -0.2) is 33.2 Å². The molecular formula is C16H22N4O3S. The Bertz CT molecular complexity index is 764. The van der Waals surface area contributed by atoms with E-state index in [1.807, 2.05) is 25.6 Å². The number of amides is 1. The average molecular weight is 350 g/mol. The van der Waals surface area contributed by atoms with E-state index in [1.54, 1.807) is 13.8 Å². The smallest absolute Gasteiger partial charge is 0.350 e. The quantitative estimate of drug-likeness (QED) is 0.809. The minimum absolute atomic E-state index is 0.137. The van der Waals surface area contributed by atoms with Gasteiger partial charge in [0, 0.05) is 19.2 Å². The second kappa shape index (κ2) is 7.57. The van der Waals surface area contributed by atoms with E-state index in [-0.39, 0.29) is 5.91 Å². The third-order valence-electron chi connectivity index (χ3n) is 3.76. The molecule has 8 heteroatoms. The van der Waals surface area contributed by atoms with Gasteiger partial charge in [-0.15, -0.1) is 0 Å². The van der Waals surface area contributed by atoms with E-state index in [0.717, 1.165) is 28.3 Å². The van der Waals surface area contributed by atoms with Crippen molar-refractivity contribution in [1.82, 2.24) is 14.8 Å². The first kappa shape index (κ1) is 18.1. The molecule has 0 saturated heterocycles. The maximum Gasteiger partial charge on any atom is 0.350 e. The van der Waals surface area contributed by atoms with Crippen LogP contribution in [0.5, 0.6) is 0 Å². The molecule has 7 nitrogen and oxygen atoms in total. The molecule has 2 aromatic rings.